The molecule has 0 saturated heterocycles. The minimum atomic E-state index is -1.13. The smallest absolute Gasteiger partial charge is 0.357 e. The summed E-state index contributed by atoms with van der Waals surface area (Å²) in [6.45, 7) is -0.564. The number of aromatic nitrogens is 4. The monoisotopic (exact) mass is 553 g/mol. The molecule has 0 aliphatic rings. The van der Waals surface area contributed by atoms with Gasteiger partial charge in [0, 0.05) is 17.3 Å². The zero-order valence-electron chi connectivity index (χ0n) is 21.9. The van der Waals surface area contributed by atoms with E-state index < -0.39 is 34.2 Å². The van der Waals surface area contributed by atoms with E-state index >= 15 is 0 Å². The third-order valence-corrected chi connectivity index (χ3v) is 6.47. The van der Waals surface area contributed by atoms with Gasteiger partial charge in [-0.3, -0.25) is 19.5 Å². The minimum absolute atomic E-state index is 0.0496. The van der Waals surface area contributed by atoms with Gasteiger partial charge < -0.3 is 4.74 Å². The summed E-state index contributed by atoms with van der Waals surface area (Å²) in [5, 5.41) is 16.6. The second kappa shape index (κ2) is 11.7. The van der Waals surface area contributed by atoms with Crippen molar-refractivity contribution in [2.24, 2.45) is 0 Å². The predicted molar refractivity (Wildman–Crippen MR) is 152 cm³/mol. The minimum Gasteiger partial charge on any atom is -0.497 e. The van der Waals surface area contributed by atoms with Crippen molar-refractivity contribution in [3.8, 4) is 11.4 Å². The van der Waals surface area contributed by atoms with Gasteiger partial charge in [0.15, 0.2) is 0 Å². The Bertz CT molecular complexity index is 1860. The summed E-state index contributed by atoms with van der Waals surface area (Å²) < 4.78 is 23.1. The molecule has 0 amide bonds. The van der Waals surface area contributed by atoms with Crippen LogP contribution in [0.4, 0.5) is 10.1 Å². The van der Waals surface area contributed by atoms with Crippen LogP contribution in [0.15, 0.2) is 101 Å². The number of hydrogen-bond donors (Lipinski definition) is 0. The normalized spacial score (nSPS) is 11.2. The molecule has 10 nitrogen and oxygen atoms in total. The Hall–Kier alpha value is -5.58. The topological polar surface area (TPSA) is 114 Å². The molecule has 2 heterocycles. The lowest BCUT2D eigenvalue weighted by Crippen LogP contribution is -2.42. The molecular formula is C30H24FN5O5. The van der Waals surface area contributed by atoms with Gasteiger partial charge in [-0.05, 0) is 48.0 Å². The molecule has 5 rings (SSSR count). The van der Waals surface area contributed by atoms with Crippen LogP contribution in [-0.4, -0.2) is 30.9 Å². The fourth-order valence-corrected chi connectivity index (χ4v) is 4.36. The molecule has 41 heavy (non-hydrogen) atoms. The molecule has 0 saturated carbocycles. The van der Waals surface area contributed by atoms with Crippen LogP contribution < -0.4 is 16.0 Å². The molecule has 11 heteroatoms. The van der Waals surface area contributed by atoms with Crippen LogP contribution in [0.25, 0.3) is 17.8 Å². The maximum absolute atomic E-state index is 14.4. The highest BCUT2D eigenvalue weighted by atomic mass is 19.1. The third-order valence-electron chi connectivity index (χ3n) is 6.47. The molecule has 0 unspecified atom stereocenters. The van der Waals surface area contributed by atoms with E-state index in [0.717, 1.165) is 10.3 Å². The molecule has 3 aromatic carbocycles. The fraction of sp³-hybridized carbons (Fsp3) is 0.100. The predicted octanol–water partition coefficient (Wildman–Crippen LogP) is 4.52. The van der Waals surface area contributed by atoms with Crippen LogP contribution in [0.5, 0.6) is 5.75 Å². The van der Waals surface area contributed by atoms with Crippen LogP contribution in [0.1, 0.15) is 22.4 Å². The van der Waals surface area contributed by atoms with Crippen molar-refractivity contribution in [1.82, 2.24) is 18.9 Å². The summed E-state index contributed by atoms with van der Waals surface area (Å²) in [5.41, 5.74) is -0.877. The van der Waals surface area contributed by atoms with E-state index in [0.29, 0.717) is 21.4 Å². The number of ether oxygens (including phenoxy) is 1. The van der Waals surface area contributed by atoms with E-state index in [1.165, 1.54) is 31.4 Å². The Kier molecular flexibility index (Phi) is 7.68. The molecule has 0 bridgehead atoms. The molecule has 2 aromatic heterocycles. The molecule has 0 aliphatic heterocycles. The van der Waals surface area contributed by atoms with Gasteiger partial charge in [0.25, 0.3) is 0 Å². The van der Waals surface area contributed by atoms with Gasteiger partial charge in [0.1, 0.15) is 17.3 Å². The zero-order chi connectivity index (χ0) is 28.9. The molecule has 0 N–H and O–H groups in total. The van der Waals surface area contributed by atoms with Crippen molar-refractivity contribution in [2.45, 2.75) is 13.1 Å². The lowest BCUT2D eigenvalue weighted by molar-refractivity contribution is -0.387. The zero-order valence-corrected chi connectivity index (χ0v) is 21.9. The van der Waals surface area contributed by atoms with Crippen molar-refractivity contribution in [2.75, 3.05) is 7.11 Å². The summed E-state index contributed by atoms with van der Waals surface area (Å²) in [6.07, 6.45) is 6.16. The first-order valence-corrected chi connectivity index (χ1v) is 12.5. The average molecular weight is 554 g/mol. The Morgan fingerprint density at radius 2 is 1.63 bits per heavy atom. The first-order chi connectivity index (χ1) is 19.9. The highest BCUT2D eigenvalue weighted by molar-refractivity contribution is 5.71. The Balaban J connectivity index is 1.65. The van der Waals surface area contributed by atoms with Crippen molar-refractivity contribution < 1.29 is 14.1 Å². The van der Waals surface area contributed by atoms with Crippen LogP contribution in [0.2, 0.25) is 0 Å². The summed E-state index contributed by atoms with van der Waals surface area (Å²) in [6, 6.07) is 21.8. The number of para-hydroxylation sites is 1. The van der Waals surface area contributed by atoms with E-state index in [9.17, 15) is 24.1 Å². The first-order valence-electron chi connectivity index (χ1n) is 12.5. The molecule has 0 radical (unpaired) electrons. The molecule has 206 valence electrons. The Labute approximate surface area is 233 Å². The second-order valence-electron chi connectivity index (χ2n) is 9.08. The molecule has 0 spiro atoms. The highest BCUT2D eigenvalue weighted by Crippen LogP contribution is 2.20. The SMILES string of the molecule is COc1ccc(Cn2c(/C=C/c3cnn(-c4ccccc4)c3)c([N+](=O)[O-])c(=O)n(Cc3ccccc3F)c2=O)cc1. The second-order valence-corrected chi connectivity index (χ2v) is 9.08. The van der Waals surface area contributed by atoms with Gasteiger partial charge in [-0.25, -0.2) is 18.4 Å². The molecule has 0 aliphatic carbocycles. The summed E-state index contributed by atoms with van der Waals surface area (Å²) in [5.74, 6) is -0.0466. The largest absolute Gasteiger partial charge is 0.497 e. The van der Waals surface area contributed by atoms with Crippen LogP contribution in [0, 0.1) is 15.9 Å². The van der Waals surface area contributed by atoms with Gasteiger partial charge in [-0.1, -0.05) is 48.5 Å². The van der Waals surface area contributed by atoms with Crippen molar-refractivity contribution in [1.29, 1.82) is 0 Å². The van der Waals surface area contributed by atoms with Crippen LogP contribution in [0.3, 0.4) is 0 Å². The van der Waals surface area contributed by atoms with E-state index in [1.807, 2.05) is 30.3 Å². The number of nitrogens with zero attached hydrogens (tertiary/aromatic N) is 5. The van der Waals surface area contributed by atoms with E-state index in [2.05, 4.69) is 5.10 Å². The number of benzene rings is 3. The van der Waals surface area contributed by atoms with Gasteiger partial charge in [-0.2, -0.15) is 5.10 Å². The molecular weight excluding hydrogens is 529 g/mol. The number of methoxy groups -OCH3 is 1. The quantitative estimate of drug-likeness (QED) is 0.196. The fourth-order valence-electron chi connectivity index (χ4n) is 4.36. The number of halogens is 1. The van der Waals surface area contributed by atoms with Gasteiger partial charge in [-0.15, -0.1) is 0 Å². The Morgan fingerprint density at radius 3 is 2.32 bits per heavy atom. The van der Waals surface area contributed by atoms with Crippen molar-refractivity contribution in [3.05, 3.63) is 150 Å². The average Bonchev–Trinajstić information content (AvgIpc) is 3.46. The van der Waals surface area contributed by atoms with E-state index in [1.54, 1.807) is 53.5 Å². The van der Waals surface area contributed by atoms with Gasteiger partial charge in [0.2, 0.25) is 0 Å². The lowest BCUT2D eigenvalue weighted by Gasteiger charge is -2.15. The van der Waals surface area contributed by atoms with Gasteiger partial charge >= 0.3 is 16.9 Å². The lowest BCUT2D eigenvalue weighted by atomic mass is 10.2. The number of nitro groups is 1. The summed E-state index contributed by atoms with van der Waals surface area (Å²) in [4.78, 5) is 38.5. The molecule has 0 atom stereocenters. The van der Waals surface area contributed by atoms with E-state index in [-0.39, 0.29) is 17.8 Å². The molecule has 5 aromatic rings. The van der Waals surface area contributed by atoms with E-state index in [4.69, 9.17) is 4.74 Å². The van der Waals surface area contributed by atoms with Crippen LogP contribution in [-0.2, 0) is 13.1 Å². The van der Waals surface area contributed by atoms with Crippen molar-refractivity contribution >= 4 is 17.8 Å². The third kappa shape index (κ3) is 5.74. The first kappa shape index (κ1) is 27.0. The van der Waals surface area contributed by atoms with Crippen molar-refractivity contribution in [3.63, 3.8) is 0 Å². The van der Waals surface area contributed by atoms with Gasteiger partial charge in [0.05, 0.1) is 37.0 Å². The number of rotatable bonds is 9. The standard InChI is InChI=1S/C30H24FN5O5/c1-41-25-14-11-21(12-15-25)18-33-27(16-13-22-17-32-35(19-22)24-8-3-2-4-9-24)28(36(39)40)29(37)34(30(33)38)20-23-7-5-6-10-26(23)31/h2-17,19H,18,20H2,1H3/b16-13+. The van der Waals surface area contributed by atoms with Crippen LogP contribution >= 0.6 is 0 Å². The summed E-state index contributed by atoms with van der Waals surface area (Å²) in [7, 11) is 1.52. The Morgan fingerprint density at radius 1 is 0.927 bits per heavy atom. The highest BCUT2D eigenvalue weighted by Gasteiger charge is 2.27. The molecule has 0 fully saturated rings. The number of hydrogen-bond acceptors (Lipinski definition) is 6. The summed E-state index contributed by atoms with van der Waals surface area (Å²) >= 11 is 0. The maximum Gasteiger partial charge on any atom is 0.357 e. The maximum atomic E-state index is 14.4.